The van der Waals surface area contributed by atoms with Gasteiger partial charge in [-0.15, -0.1) is 5.10 Å². The first kappa shape index (κ1) is 15.9. The molecule has 0 saturated heterocycles. The highest BCUT2D eigenvalue weighted by Gasteiger charge is 2.45. The van der Waals surface area contributed by atoms with E-state index in [2.05, 4.69) is 40.1 Å². The second-order valence-corrected chi connectivity index (χ2v) is 7.28. The molecule has 1 aliphatic carbocycles. The first-order chi connectivity index (χ1) is 9.31. The molecular weight excluding hydrogens is 320 g/mol. The smallest absolute Gasteiger partial charge is 0.153 e. The molecule has 0 aliphatic heterocycles. The van der Waals surface area contributed by atoms with Crippen LogP contribution in [-0.4, -0.2) is 27.2 Å². The van der Waals surface area contributed by atoms with Crippen molar-refractivity contribution in [3.63, 3.8) is 0 Å². The van der Waals surface area contributed by atoms with Gasteiger partial charge in [0.05, 0.1) is 17.3 Å². The second-order valence-electron chi connectivity index (χ2n) is 6.53. The van der Waals surface area contributed by atoms with Crippen LogP contribution in [0.25, 0.3) is 0 Å². The third kappa shape index (κ3) is 2.92. The van der Waals surface area contributed by atoms with Crippen molar-refractivity contribution in [1.82, 2.24) is 15.0 Å². The molecule has 2 rings (SSSR count). The molecule has 0 radical (unpaired) electrons. The molecule has 0 aromatic carbocycles. The lowest BCUT2D eigenvalue weighted by Gasteiger charge is -2.46. The number of rotatable bonds is 4. The van der Waals surface area contributed by atoms with Gasteiger partial charge in [0, 0.05) is 13.7 Å². The number of hydrogen-bond acceptors (Lipinski definition) is 4. The lowest BCUT2D eigenvalue weighted by molar-refractivity contribution is -0.101. The maximum Gasteiger partial charge on any atom is 0.153 e. The summed E-state index contributed by atoms with van der Waals surface area (Å²) < 4.78 is 8.61. The van der Waals surface area contributed by atoms with Crippen LogP contribution in [0.3, 0.4) is 0 Å². The van der Waals surface area contributed by atoms with E-state index < -0.39 is 0 Å². The fraction of sp³-hybridized carbons (Fsp3) is 0.857. The normalized spacial score (nSPS) is 22.7. The van der Waals surface area contributed by atoms with Crippen LogP contribution in [0.5, 0.6) is 0 Å². The summed E-state index contributed by atoms with van der Waals surface area (Å²) >= 11 is 3.45. The highest BCUT2D eigenvalue weighted by molar-refractivity contribution is 9.10. The Balaban J connectivity index is 2.29. The summed E-state index contributed by atoms with van der Waals surface area (Å²) in [6, 6.07) is -0.215. The monoisotopic (exact) mass is 344 g/mol. The van der Waals surface area contributed by atoms with Crippen LogP contribution in [-0.2, 0) is 11.8 Å². The number of nitrogens with two attached hydrogens (primary N) is 1. The molecule has 1 aromatic rings. The molecule has 1 atom stereocenters. The summed E-state index contributed by atoms with van der Waals surface area (Å²) in [6.07, 6.45) is 4.21. The number of nitrogens with zero attached hydrogens (tertiary/aromatic N) is 3. The van der Waals surface area contributed by atoms with E-state index in [-0.39, 0.29) is 11.6 Å². The lowest BCUT2D eigenvalue weighted by atomic mass is 9.68. The summed E-state index contributed by atoms with van der Waals surface area (Å²) in [5.41, 5.74) is 7.56. The van der Waals surface area contributed by atoms with Gasteiger partial charge in [-0.25, -0.2) is 4.68 Å². The summed E-state index contributed by atoms with van der Waals surface area (Å²) in [4.78, 5) is 0. The van der Waals surface area contributed by atoms with Crippen molar-refractivity contribution in [2.75, 3.05) is 6.61 Å². The third-order valence-corrected chi connectivity index (χ3v) is 5.13. The molecule has 0 spiro atoms. The van der Waals surface area contributed by atoms with Gasteiger partial charge in [0.2, 0.25) is 0 Å². The van der Waals surface area contributed by atoms with E-state index in [1.807, 2.05) is 14.0 Å². The van der Waals surface area contributed by atoms with Crippen LogP contribution in [0, 0.1) is 5.41 Å². The minimum absolute atomic E-state index is 0.215. The second kappa shape index (κ2) is 5.73. The highest BCUT2D eigenvalue weighted by atomic mass is 79.9. The standard InChI is InChI=1S/C14H25BrN4O/c1-5-20-14(8-6-13(2,3)7-9-14)11(16)10-12(15)17-18-19(10)4/h11H,5-9,16H2,1-4H3. The van der Waals surface area contributed by atoms with Gasteiger partial charge in [0.15, 0.2) is 4.60 Å². The van der Waals surface area contributed by atoms with Crippen molar-refractivity contribution in [3.05, 3.63) is 10.3 Å². The molecule has 1 unspecified atom stereocenters. The number of hydrogen-bond donors (Lipinski definition) is 1. The lowest BCUT2D eigenvalue weighted by Crippen LogP contribution is -2.48. The minimum Gasteiger partial charge on any atom is -0.373 e. The molecular formula is C14H25BrN4O. The average Bonchev–Trinajstić information content (AvgIpc) is 2.71. The zero-order valence-corrected chi connectivity index (χ0v) is 14.4. The van der Waals surface area contributed by atoms with E-state index in [0.717, 1.165) is 36.0 Å². The average molecular weight is 345 g/mol. The van der Waals surface area contributed by atoms with Crippen LogP contribution in [0.1, 0.15) is 58.2 Å². The number of ether oxygens (including phenoxy) is 1. The maximum atomic E-state index is 6.57. The fourth-order valence-electron chi connectivity index (χ4n) is 3.10. The molecule has 1 aliphatic rings. The van der Waals surface area contributed by atoms with E-state index in [1.165, 1.54) is 0 Å². The zero-order chi connectivity index (χ0) is 15.0. The van der Waals surface area contributed by atoms with E-state index in [1.54, 1.807) is 4.68 Å². The van der Waals surface area contributed by atoms with Crippen molar-refractivity contribution in [1.29, 1.82) is 0 Å². The Labute approximate surface area is 129 Å². The van der Waals surface area contributed by atoms with E-state index >= 15 is 0 Å². The van der Waals surface area contributed by atoms with Gasteiger partial charge >= 0.3 is 0 Å². The topological polar surface area (TPSA) is 66.0 Å². The van der Waals surface area contributed by atoms with Crippen molar-refractivity contribution < 1.29 is 4.74 Å². The van der Waals surface area contributed by atoms with Crippen LogP contribution in [0.4, 0.5) is 0 Å². The minimum atomic E-state index is -0.303. The molecule has 0 bridgehead atoms. The van der Waals surface area contributed by atoms with Gasteiger partial charge in [0.25, 0.3) is 0 Å². The SMILES string of the molecule is CCOC1(C(N)c2c(Br)nnn2C)CCC(C)(C)CC1. The number of aromatic nitrogens is 3. The highest BCUT2D eigenvalue weighted by Crippen LogP contribution is 2.47. The Hall–Kier alpha value is -0.460. The molecule has 20 heavy (non-hydrogen) atoms. The Bertz CT molecular complexity index is 442. The van der Waals surface area contributed by atoms with Crippen LogP contribution < -0.4 is 5.73 Å². The summed E-state index contributed by atoms with van der Waals surface area (Å²) in [5.74, 6) is 0. The Morgan fingerprint density at radius 3 is 2.40 bits per heavy atom. The van der Waals surface area contributed by atoms with E-state index in [0.29, 0.717) is 12.0 Å². The molecule has 1 heterocycles. The maximum absolute atomic E-state index is 6.57. The Kier molecular flexibility index (Phi) is 4.56. The third-order valence-electron chi connectivity index (χ3n) is 4.57. The van der Waals surface area contributed by atoms with E-state index in [9.17, 15) is 0 Å². The zero-order valence-electron chi connectivity index (χ0n) is 12.8. The van der Waals surface area contributed by atoms with Crippen molar-refractivity contribution in [2.45, 2.75) is 58.1 Å². The largest absolute Gasteiger partial charge is 0.373 e. The first-order valence-corrected chi connectivity index (χ1v) is 8.05. The predicted octanol–water partition coefficient (Wildman–Crippen LogP) is 2.95. The summed E-state index contributed by atoms with van der Waals surface area (Å²) in [6.45, 7) is 7.34. The molecule has 2 N–H and O–H groups in total. The van der Waals surface area contributed by atoms with Gasteiger partial charge in [-0.05, 0) is 54.0 Å². The summed E-state index contributed by atoms with van der Waals surface area (Å²) in [5, 5.41) is 8.08. The molecule has 0 amide bonds. The van der Waals surface area contributed by atoms with Crippen LogP contribution >= 0.6 is 15.9 Å². The molecule has 1 aromatic heterocycles. The molecule has 6 heteroatoms. The van der Waals surface area contributed by atoms with Gasteiger partial charge in [-0.3, -0.25) is 0 Å². The number of aryl methyl sites for hydroxylation is 1. The molecule has 1 saturated carbocycles. The first-order valence-electron chi connectivity index (χ1n) is 7.26. The Morgan fingerprint density at radius 1 is 1.35 bits per heavy atom. The van der Waals surface area contributed by atoms with Gasteiger partial charge < -0.3 is 10.5 Å². The van der Waals surface area contributed by atoms with Gasteiger partial charge in [-0.2, -0.15) is 0 Å². The summed E-state index contributed by atoms with van der Waals surface area (Å²) in [7, 11) is 1.87. The molecule has 1 fully saturated rings. The van der Waals surface area contributed by atoms with Crippen molar-refractivity contribution in [3.8, 4) is 0 Å². The van der Waals surface area contributed by atoms with E-state index in [4.69, 9.17) is 10.5 Å². The van der Waals surface area contributed by atoms with Crippen molar-refractivity contribution in [2.24, 2.45) is 18.2 Å². The number of halogens is 1. The van der Waals surface area contributed by atoms with Crippen LogP contribution in [0.15, 0.2) is 4.60 Å². The van der Waals surface area contributed by atoms with Gasteiger partial charge in [-0.1, -0.05) is 19.1 Å². The molecule has 114 valence electrons. The van der Waals surface area contributed by atoms with Crippen LogP contribution in [0.2, 0.25) is 0 Å². The Morgan fingerprint density at radius 2 is 1.95 bits per heavy atom. The fourth-order valence-corrected chi connectivity index (χ4v) is 3.67. The predicted molar refractivity (Wildman–Crippen MR) is 82.2 cm³/mol. The van der Waals surface area contributed by atoms with Gasteiger partial charge in [0.1, 0.15) is 0 Å². The van der Waals surface area contributed by atoms with Crippen molar-refractivity contribution >= 4 is 15.9 Å². The quantitative estimate of drug-likeness (QED) is 0.911. The molecule has 5 nitrogen and oxygen atoms in total.